The number of aromatic nitrogens is 1. The first-order valence-electron chi connectivity index (χ1n) is 13.0. The Balaban J connectivity index is 1.37. The van der Waals surface area contributed by atoms with E-state index in [0.29, 0.717) is 28.0 Å². The van der Waals surface area contributed by atoms with Crippen molar-refractivity contribution in [3.8, 4) is 0 Å². The number of rotatable bonds is 11. The summed E-state index contributed by atoms with van der Waals surface area (Å²) in [4.78, 5) is 44.8. The average Bonchev–Trinajstić information content (AvgIpc) is 3.38. The van der Waals surface area contributed by atoms with Crippen LogP contribution in [0.2, 0.25) is 5.02 Å². The lowest BCUT2D eigenvalue weighted by Crippen LogP contribution is -2.40. The average molecular weight is 575 g/mol. The lowest BCUT2D eigenvalue weighted by atomic mass is 9.98. The Labute approximate surface area is 243 Å². The normalized spacial score (nSPS) is 10.9. The molecule has 0 aliphatic rings. The fourth-order valence-corrected chi connectivity index (χ4v) is 5.09. The second-order valence-corrected chi connectivity index (χ2v) is 11.1. The van der Waals surface area contributed by atoms with Crippen molar-refractivity contribution < 1.29 is 14.4 Å². The second-order valence-electron chi connectivity index (χ2n) is 9.78. The smallest absolute Gasteiger partial charge is 0.254 e. The van der Waals surface area contributed by atoms with Crippen molar-refractivity contribution in [2.45, 2.75) is 26.3 Å². The molecule has 0 spiro atoms. The molecule has 0 bridgehead atoms. The third-order valence-electron chi connectivity index (χ3n) is 6.01. The van der Waals surface area contributed by atoms with Crippen LogP contribution in [0.3, 0.4) is 0 Å². The Morgan fingerprint density at radius 3 is 2.05 bits per heavy atom. The zero-order chi connectivity index (χ0) is 28.5. The standard InChI is InChI=1S/C31H31ClN4O3S/c1-21(2)18-36(30(39)24-13-15-25(32)16-14-24)19-28(38)35-31-33-26(20-40-31)17-27(37)34-29(22-9-5-3-6-10-22)23-11-7-4-8-12-23/h3-16,20-21,29H,17-19H2,1-2H3,(H,34,37)(H,33,35,38). The molecule has 0 radical (unpaired) electrons. The molecule has 206 valence electrons. The van der Waals surface area contributed by atoms with Crippen LogP contribution in [0, 0.1) is 5.92 Å². The number of amides is 3. The lowest BCUT2D eigenvalue weighted by Gasteiger charge is -2.24. The summed E-state index contributed by atoms with van der Waals surface area (Å²) < 4.78 is 0. The van der Waals surface area contributed by atoms with Crippen molar-refractivity contribution in [2.24, 2.45) is 5.92 Å². The van der Waals surface area contributed by atoms with E-state index < -0.39 is 0 Å². The van der Waals surface area contributed by atoms with Crippen molar-refractivity contribution in [2.75, 3.05) is 18.4 Å². The minimum Gasteiger partial charge on any atom is -0.345 e. The third-order valence-corrected chi connectivity index (χ3v) is 7.07. The number of anilines is 1. The Bertz CT molecular complexity index is 1390. The van der Waals surface area contributed by atoms with Crippen LogP contribution in [0.4, 0.5) is 5.13 Å². The second kappa shape index (κ2) is 13.9. The van der Waals surface area contributed by atoms with E-state index in [-0.39, 0.29) is 42.6 Å². The van der Waals surface area contributed by atoms with Crippen molar-refractivity contribution in [1.29, 1.82) is 0 Å². The number of nitrogens with zero attached hydrogens (tertiary/aromatic N) is 2. The number of carbonyl (C=O) groups excluding carboxylic acids is 3. The largest absolute Gasteiger partial charge is 0.345 e. The molecule has 1 aromatic heterocycles. The zero-order valence-electron chi connectivity index (χ0n) is 22.3. The van der Waals surface area contributed by atoms with E-state index in [4.69, 9.17) is 11.6 Å². The first-order chi connectivity index (χ1) is 19.3. The Hall–Kier alpha value is -4.01. The number of nitrogens with one attached hydrogen (secondary N) is 2. The first kappa shape index (κ1) is 29.0. The number of benzene rings is 3. The van der Waals surface area contributed by atoms with Crippen molar-refractivity contribution in [3.05, 3.63) is 118 Å². The van der Waals surface area contributed by atoms with E-state index in [1.54, 1.807) is 29.6 Å². The first-order valence-corrected chi connectivity index (χ1v) is 14.2. The number of carbonyl (C=O) groups is 3. The highest BCUT2D eigenvalue weighted by Crippen LogP contribution is 2.23. The molecule has 0 unspecified atom stereocenters. The van der Waals surface area contributed by atoms with E-state index in [1.807, 2.05) is 74.5 Å². The summed E-state index contributed by atoms with van der Waals surface area (Å²) in [5.41, 5.74) is 2.97. The van der Waals surface area contributed by atoms with Gasteiger partial charge in [0.1, 0.15) is 6.54 Å². The Morgan fingerprint density at radius 2 is 1.48 bits per heavy atom. The maximum Gasteiger partial charge on any atom is 0.254 e. The van der Waals surface area contributed by atoms with Crippen molar-refractivity contribution in [3.63, 3.8) is 0 Å². The zero-order valence-corrected chi connectivity index (χ0v) is 23.9. The maximum atomic E-state index is 13.0. The molecule has 4 aromatic rings. The molecule has 2 N–H and O–H groups in total. The summed E-state index contributed by atoms with van der Waals surface area (Å²) in [7, 11) is 0. The molecule has 4 rings (SSSR count). The van der Waals surface area contributed by atoms with Gasteiger partial charge in [0.05, 0.1) is 18.2 Å². The van der Waals surface area contributed by atoms with Crippen LogP contribution in [0.5, 0.6) is 0 Å². The minimum absolute atomic E-state index is 0.0665. The quantitative estimate of drug-likeness (QED) is 0.230. The molecule has 9 heteroatoms. The van der Waals surface area contributed by atoms with E-state index in [1.165, 1.54) is 16.2 Å². The molecule has 7 nitrogen and oxygen atoms in total. The van der Waals surface area contributed by atoms with Crippen LogP contribution >= 0.6 is 22.9 Å². The van der Waals surface area contributed by atoms with Crippen LogP contribution in [-0.2, 0) is 16.0 Å². The number of thiazole rings is 1. The van der Waals surface area contributed by atoms with Gasteiger partial charge in [-0.3, -0.25) is 14.4 Å². The van der Waals surface area contributed by atoms with Gasteiger partial charge in [-0.25, -0.2) is 4.98 Å². The van der Waals surface area contributed by atoms with Gasteiger partial charge in [-0.05, 0) is 41.3 Å². The van der Waals surface area contributed by atoms with Gasteiger partial charge in [0.25, 0.3) is 5.91 Å². The van der Waals surface area contributed by atoms with Gasteiger partial charge >= 0.3 is 0 Å². The van der Waals surface area contributed by atoms with Crippen LogP contribution in [0.15, 0.2) is 90.3 Å². The number of halogens is 1. The predicted molar refractivity (Wildman–Crippen MR) is 160 cm³/mol. The molecule has 40 heavy (non-hydrogen) atoms. The summed E-state index contributed by atoms with van der Waals surface area (Å²) in [5, 5.41) is 8.54. The predicted octanol–water partition coefficient (Wildman–Crippen LogP) is 5.98. The van der Waals surface area contributed by atoms with E-state index in [2.05, 4.69) is 15.6 Å². The van der Waals surface area contributed by atoms with Crippen LogP contribution in [-0.4, -0.2) is 40.7 Å². The molecular formula is C31H31ClN4O3S. The van der Waals surface area contributed by atoms with E-state index in [9.17, 15) is 14.4 Å². The summed E-state index contributed by atoms with van der Waals surface area (Å²) in [6.45, 7) is 4.27. The van der Waals surface area contributed by atoms with Gasteiger partial charge in [-0.15, -0.1) is 11.3 Å². The van der Waals surface area contributed by atoms with Gasteiger partial charge in [0.2, 0.25) is 11.8 Å². The van der Waals surface area contributed by atoms with E-state index >= 15 is 0 Å². The summed E-state index contributed by atoms with van der Waals surface area (Å²) in [6.07, 6.45) is 0.0665. The fraction of sp³-hybridized carbons (Fsp3) is 0.226. The number of hydrogen-bond donors (Lipinski definition) is 2. The summed E-state index contributed by atoms with van der Waals surface area (Å²) in [6, 6.07) is 25.9. The van der Waals surface area contributed by atoms with Crippen LogP contribution < -0.4 is 10.6 Å². The lowest BCUT2D eigenvalue weighted by molar-refractivity contribution is -0.121. The van der Waals surface area contributed by atoms with Gasteiger partial charge < -0.3 is 15.5 Å². The molecule has 0 aliphatic heterocycles. The Kier molecular flexibility index (Phi) is 10.0. The van der Waals surface area contributed by atoms with Crippen LogP contribution in [0.25, 0.3) is 0 Å². The van der Waals surface area contributed by atoms with E-state index in [0.717, 1.165) is 11.1 Å². The van der Waals surface area contributed by atoms with Crippen LogP contribution in [0.1, 0.15) is 47.1 Å². The molecule has 0 fully saturated rings. The topological polar surface area (TPSA) is 91.4 Å². The van der Waals surface area contributed by atoms with Gasteiger partial charge in [0.15, 0.2) is 5.13 Å². The van der Waals surface area contributed by atoms with Gasteiger partial charge in [0, 0.05) is 22.5 Å². The Morgan fingerprint density at radius 1 is 0.875 bits per heavy atom. The molecule has 0 atom stereocenters. The highest BCUT2D eigenvalue weighted by molar-refractivity contribution is 7.13. The molecule has 3 amide bonds. The highest BCUT2D eigenvalue weighted by atomic mass is 35.5. The monoisotopic (exact) mass is 574 g/mol. The molecule has 0 aliphatic carbocycles. The molecule has 0 saturated heterocycles. The van der Waals surface area contributed by atoms with Crippen molar-refractivity contribution >= 4 is 45.8 Å². The number of hydrogen-bond acceptors (Lipinski definition) is 5. The third kappa shape index (κ3) is 8.24. The van der Waals surface area contributed by atoms with Gasteiger partial charge in [-0.1, -0.05) is 86.1 Å². The fourth-order valence-electron chi connectivity index (χ4n) is 4.24. The summed E-state index contributed by atoms with van der Waals surface area (Å²) in [5.74, 6) is -0.618. The van der Waals surface area contributed by atoms with Gasteiger partial charge in [-0.2, -0.15) is 0 Å². The summed E-state index contributed by atoms with van der Waals surface area (Å²) >= 11 is 7.19. The SMILES string of the molecule is CC(C)CN(CC(=O)Nc1nc(CC(=O)NC(c2ccccc2)c2ccccc2)cs1)C(=O)c1ccc(Cl)cc1. The highest BCUT2D eigenvalue weighted by Gasteiger charge is 2.21. The molecule has 3 aromatic carbocycles. The molecular weight excluding hydrogens is 544 g/mol. The minimum atomic E-state index is -0.360. The van der Waals surface area contributed by atoms with Crippen molar-refractivity contribution in [1.82, 2.24) is 15.2 Å². The molecule has 0 saturated carbocycles. The molecule has 1 heterocycles. The maximum absolute atomic E-state index is 13.0.